The number of halogens is 4. The van der Waals surface area contributed by atoms with Gasteiger partial charge in [-0.3, -0.25) is 34.9 Å². The van der Waals surface area contributed by atoms with Gasteiger partial charge in [-0.25, -0.2) is 0 Å². The minimum atomic E-state index is 0.0211. The van der Waals surface area contributed by atoms with Crippen molar-refractivity contribution in [1.29, 1.82) is 5.26 Å². The Balaban J connectivity index is 0.000000205. The van der Waals surface area contributed by atoms with Gasteiger partial charge in [-0.05, 0) is 180 Å². The molecule has 0 radical (unpaired) electrons. The van der Waals surface area contributed by atoms with Crippen LogP contribution in [0.1, 0.15) is 179 Å². The molecule has 0 aliphatic heterocycles. The van der Waals surface area contributed by atoms with Crippen molar-refractivity contribution in [2.75, 3.05) is 39.9 Å². The van der Waals surface area contributed by atoms with Gasteiger partial charge in [-0.2, -0.15) is 5.26 Å². The zero-order valence-electron chi connectivity index (χ0n) is 81.8. The summed E-state index contributed by atoms with van der Waals surface area (Å²) in [5.74, 6) is 1.86. The number of ether oxygens (including phenoxy) is 2. The number of aliphatic imine (C=N–C) groups is 7. The summed E-state index contributed by atoms with van der Waals surface area (Å²) >= 11 is 13.9. The monoisotopic (exact) mass is 2200 g/mol. The highest BCUT2D eigenvalue weighted by atomic mass is 79.9. The molecule has 0 aromatic heterocycles. The van der Waals surface area contributed by atoms with Gasteiger partial charge in [-0.1, -0.05) is 306 Å². The van der Waals surface area contributed by atoms with E-state index in [4.69, 9.17) is 49.7 Å². The van der Waals surface area contributed by atoms with Crippen LogP contribution in [-0.4, -0.2) is 109 Å². The summed E-state index contributed by atoms with van der Waals surface area (Å²) in [6.07, 6.45) is 20.6. The molecule has 0 amide bonds. The Morgan fingerprint density at radius 2 is 0.415 bits per heavy atom. The fourth-order valence-electron chi connectivity index (χ4n) is 17.3. The number of aromatic hydroxyl groups is 6. The van der Waals surface area contributed by atoms with Crippen molar-refractivity contribution in [3.8, 4) is 52.1 Å². The molecular weight excluding hydrogens is 2090 g/mol. The number of alkyl halides is 4. The van der Waals surface area contributed by atoms with Crippen molar-refractivity contribution < 1.29 is 40.1 Å². The predicted octanol–water partition coefficient (Wildman–Crippen LogP) is 31.0. The molecule has 0 saturated carbocycles. The molecule has 2 aliphatic rings. The van der Waals surface area contributed by atoms with Crippen LogP contribution in [0.2, 0.25) is 0 Å². The maximum Gasteiger partial charge on any atom is 0.126 e. The van der Waals surface area contributed by atoms with Crippen molar-refractivity contribution in [3.05, 3.63) is 473 Å². The lowest BCUT2D eigenvalue weighted by molar-refractivity contribution is 0.304. The minimum absolute atomic E-state index is 0.0211. The van der Waals surface area contributed by atoms with Gasteiger partial charge in [-0.15, -0.1) is 0 Å². The zero-order chi connectivity index (χ0) is 102. The Labute approximate surface area is 894 Å². The third kappa shape index (κ3) is 31.2. The third-order valence-electron chi connectivity index (χ3n) is 24.6. The fourth-order valence-corrected chi connectivity index (χ4v) is 18.9. The van der Waals surface area contributed by atoms with Crippen LogP contribution in [0.3, 0.4) is 0 Å². The molecule has 0 spiro atoms. The largest absolute Gasteiger partial charge is 0.507 e. The molecule has 0 fully saturated rings. The molecule has 0 heterocycles. The summed E-state index contributed by atoms with van der Waals surface area (Å²) < 4.78 is 13.8. The Hall–Kier alpha value is -15.2. The lowest BCUT2D eigenvalue weighted by Gasteiger charge is -2.22. The molecule has 0 atom stereocenters. The van der Waals surface area contributed by atoms with E-state index >= 15 is 0 Å². The first kappa shape index (κ1) is 106. The molecule has 16 bridgehead atoms. The Kier molecular flexibility index (Phi) is 39.9. The van der Waals surface area contributed by atoms with E-state index in [0.717, 1.165) is 142 Å². The van der Waals surface area contributed by atoms with Crippen LogP contribution in [0, 0.1) is 11.3 Å². The topological polar surface area (TPSA) is 262 Å². The van der Waals surface area contributed by atoms with Crippen molar-refractivity contribution in [2.45, 2.75) is 103 Å². The van der Waals surface area contributed by atoms with E-state index < -0.39 is 0 Å². The van der Waals surface area contributed by atoms with E-state index in [0.29, 0.717) is 141 Å². The van der Waals surface area contributed by atoms with Gasteiger partial charge >= 0.3 is 0 Å². The number of unbranched alkanes of at least 4 members (excludes halogenated alkanes) is 3. The van der Waals surface area contributed by atoms with Crippen molar-refractivity contribution in [1.82, 2.24) is 0 Å². The highest BCUT2D eigenvalue weighted by Crippen LogP contribution is 2.47. The second-order valence-corrected chi connectivity index (χ2v) is 38.8. The first-order chi connectivity index (χ1) is 72.0. The SMILES string of the molecule is BrCCCCBr.CC#N.Oc1c2cc(N=Cc3ccccc3)cc1Cc1cc(N=Cc3ccccc3)cc(c1O)Cc1cc(N=Cc3ccccc3)cc(c1O)Cc1cc(N=Cc3ccccc3)cc(c1O)C2.Oc1c2cc(N=Cc3ccccc3)cc1Cc1cc(N=Cc3ccccc3)cc(c1OCCCCBr)Cc1cc(NCc3ccccc3)cc(c1O)Cc1cc(N=Cc3ccccc3)cc(c1OCCCCBr)C2. The molecule has 7 N–H and O–H groups in total. The molecule has 18 rings (SSSR count). The molecule has 0 saturated heterocycles. The highest BCUT2D eigenvalue weighted by Gasteiger charge is 2.27. The summed E-state index contributed by atoms with van der Waals surface area (Å²) in [4.78, 5) is 34.5. The molecular formula is C126H115Br4N9O8. The van der Waals surface area contributed by atoms with Gasteiger partial charge in [0.2, 0.25) is 0 Å². The number of fused-ring (bicyclic) bond motifs is 16. The van der Waals surface area contributed by atoms with E-state index in [1.165, 1.54) is 19.8 Å². The molecule has 2 aliphatic carbocycles. The van der Waals surface area contributed by atoms with Gasteiger partial charge in [0, 0.05) is 224 Å². The summed E-state index contributed by atoms with van der Waals surface area (Å²) in [7, 11) is 0. The number of anilines is 1. The summed E-state index contributed by atoms with van der Waals surface area (Å²) in [5.41, 5.74) is 23.5. The molecule has 21 heteroatoms. The average Bonchev–Trinajstić information content (AvgIpc) is 0.780. The van der Waals surface area contributed by atoms with Crippen LogP contribution in [0.25, 0.3) is 0 Å². The van der Waals surface area contributed by atoms with E-state index in [2.05, 4.69) is 118 Å². The van der Waals surface area contributed by atoms with Crippen LogP contribution in [0.5, 0.6) is 46.0 Å². The zero-order valence-corrected chi connectivity index (χ0v) is 88.2. The van der Waals surface area contributed by atoms with Crippen molar-refractivity contribution >= 4 is 153 Å². The number of nitrogens with zero attached hydrogens (tertiary/aromatic N) is 8. The van der Waals surface area contributed by atoms with Gasteiger partial charge in [0.1, 0.15) is 46.0 Å². The number of nitriles is 1. The molecule has 16 aromatic carbocycles. The number of hydrogen-bond acceptors (Lipinski definition) is 17. The number of phenols is 6. The number of hydrogen-bond donors (Lipinski definition) is 7. The Morgan fingerprint density at radius 1 is 0.252 bits per heavy atom. The van der Waals surface area contributed by atoms with Crippen LogP contribution in [0.15, 0.2) is 375 Å². The summed E-state index contributed by atoms with van der Waals surface area (Å²) in [5, 5.41) is 89.0. The van der Waals surface area contributed by atoms with E-state index in [1.54, 1.807) is 30.9 Å². The summed E-state index contributed by atoms with van der Waals surface area (Å²) in [6, 6.07) is 112. The Morgan fingerprint density at radius 3 is 0.605 bits per heavy atom. The standard InChI is InChI=1S/C64H60Br2N4O4.C56H44N4O4.C4H8Br2.C2H3N/c65-25-13-15-27-73-63-53-29-49-33-57(67-41-45-17-5-1-6-18-45)34-50(61(49)71)30-54-38-60(70-44-48-23-11-4-12-24-48)40-56(64(54)74-28-16-14-26-66)32-52-36-58(68-42-46-19-7-2-8-20-46)35-51(62(52)72)31-55(63)39-59(37-53)69-43-47-21-9-3-10-22-47;61-53-41-21-43-27-50(58-34-38-15-7-2-8-16-38)29-45(54(43)62)23-47-31-52(60-36-40-19-11-4-12-20-40)32-48(56(47)64)24-46-30-51(59-35-39-17-9-3-10-18-39)28-44(55(46)63)22-42(53)26-49(25-41)57-33-37-13-5-1-6-14-37;5-3-1-2-4-6;1-2-3/h1-12,17-24,33-41,43-44,68,71-72H,13-16,25-32,42H2;1-20,25-36,61-64H,21-24H2;1-4H2;1H3. The van der Waals surface area contributed by atoms with Crippen molar-refractivity contribution in [2.24, 2.45) is 34.9 Å². The van der Waals surface area contributed by atoms with Gasteiger partial charge < -0.3 is 45.4 Å². The minimum Gasteiger partial charge on any atom is -0.507 e. The van der Waals surface area contributed by atoms with Gasteiger partial charge in [0.05, 0.1) is 59.1 Å². The molecule has 17 nitrogen and oxygen atoms in total. The first-order valence-corrected chi connectivity index (χ1v) is 53.6. The quantitative estimate of drug-likeness (QED) is 0.00969. The lowest BCUT2D eigenvalue weighted by Crippen LogP contribution is -2.08. The smallest absolute Gasteiger partial charge is 0.126 e. The third-order valence-corrected chi connectivity index (χ3v) is 26.8. The van der Waals surface area contributed by atoms with Crippen LogP contribution in [-0.2, 0) is 57.9 Å². The van der Waals surface area contributed by atoms with Crippen LogP contribution >= 0.6 is 63.7 Å². The van der Waals surface area contributed by atoms with Gasteiger partial charge in [0.25, 0.3) is 0 Å². The number of phenolic OH excluding ortho intramolecular Hbond substituents is 6. The number of nitrogens with one attached hydrogen (secondary N) is 1. The molecule has 740 valence electrons. The number of rotatable bonds is 30. The second kappa shape index (κ2) is 55.2. The highest BCUT2D eigenvalue weighted by molar-refractivity contribution is 9.09. The van der Waals surface area contributed by atoms with E-state index in [1.807, 2.05) is 310 Å². The second-order valence-electron chi connectivity index (χ2n) is 35.6. The average molecular weight is 2200 g/mol. The van der Waals surface area contributed by atoms with Crippen LogP contribution in [0.4, 0.5) is 45.5 Å². The number of benzene rings is 16. The lowest BCUT2D eigenvalue weighted by atomic mass is 9.90. The summed E-state index contributed by atoms with van der Waals surface area (Å²) in [6.45, 7) is 2.98. The maximum atomic E-state index is 12.7. The first-order valence-electron chi connectivity index (χ1n) is 49.2. The fraction of sp³-hybridized carbons (Fsp3) is 0.175. The molecule has 147 heavy (non-hydrogen) atoms. The maximum absolute atomic E-state index is 12.7. The molecule has 0 unspecified atom stereocenters. The Bertz CT molecular complexity index is 6680. The normalized spacial score (nSPS) is 12.2. The van der Waals surface area contributed by atoms with E-state index in [9.17, 15) is 30.6 Å². The van der Waals surface area contributed by atoms with Crippen LogP contribution < -0.4 is 14.8 Å². The predicted molar refractivity (Wildman–Crippen MR) is 619 cm³/mol. The van der Waals surface area contributed by atoms with Crippen molar-refractivity contribution in [3.63, 3.8) is 0 Å². The van der Waals surface area contributed by atoms with Gasteiger partial charge in [0.15, 0.2) is 0 Å². The van der Waals surface area contributed by atoms with E-state index in [-0.39, 0.29) is 60.2 Å². The molecule has 16 aromatic rings.